The van der Waals surface area contributed by atoms with Crippen LogP contribution in [0.5, 0.6) is 0 Å². The maximum atomic E-state index is 15.3. The zero-order chi connectivity index (χ0) is 27.5. The maximum Gasteiger partial charge on any atom is 0.267 e. The van der Waals surface area contributed by atoms with E-state index in [-0.39, 0.29) is 59.5 Å². The number of nitrogens with one attached hydrogen (secondary N) is 1. The Hall–Kier alpha value is -3.60. The molecule has 5 rings (SSSR count). The average molecular weight is 528 g/mol. The molecule has 1 aromatic carbocycles. The SMILES string of the molecule is C[C@@H]1CN(c2c(C(=O)N3CC4C(C3C(=O)Nc3ccnc(C(N)=O)c3)C4(C)C)ccc(F)c2F)C[C@H](C)O1. The number of amides is 3. The number of carbonyl (C=O) groups excluding carboxylic acids is 3. The number of ether oxygens (including phenoxy) is 1. The summed E-state index contributed by atoms with van der Waals surface area (Å²) in [7, 11) is 0. The van der Waals surface area contributed by atoms with Crippen LogP contribution in [0.1, 0.15) is 48.5 Å². The Balaban J connectivity index is 1.47. The molecule has 0 bridgehead atoms. The second-order valence-corrected chi connectivity index (χ2v) is 11.1. The van der Waals surface area contributed by atoms with Crippen molar-refractivity contribution in [3.8, 4) is 0 Å². The first-order chi connectivity index (χ1) is 17.9. The van der Waals surface area contributed by atoms with Gasteiger partial charge in [-0.3, -0.25) is 19.4 Å². The van der Waals surface area contributed by atoms with Crippen molar-refractivity contribution in [1.82, 2.24) is 9.88 Å². The number of rotatable bonds is 5. The van der Waals surface area contributed by atoms with Crippen LogP contribution in [0.2, 0.25) is 0 Å². The van der Waals surface area contributed by atoms with Crippen LogP contribution in [0.15, 0.2) is 30.5 Å². The molecule has 3 unspecified atom stereocenters. The van der Waals surface area contributed by atoms with Gasteiger partial charge in [0.25, 0.3) is 11.8 Å². The number of hydrogen-bond donors (Lipinski definition) is 2. The van der Waals surface area contributed by atoms with E-state index in [1.54, 1.807) is 4.90 Å². The van der Waals surface area contributed by atoms with Crippen LogP contribution >= 0.6 is 0 Å². The Labute approximate surface area is 219 Å². The third-order valence-electron chi connectivity index (χ3n) is 8.05. The first-order valence-electron chi connectivity index (χ1n) is 12.7. The molecule has 3 heterocycles. The lowest BCUT2D eigenvalue weighted by molar-refractivity contribution is -0.120. The third kappa shape index (κ3) is 4.38. The van der Waals surface area contributed by atoms with E-state index in [1.807, 2.05) is 27.7 Å². The fourth-order valence-electron chi connectivity index (χ4n) is 6.19. The molecule has 1 aromatic heterocycles. The molecule has 11 heteroatoms. The first-order valence-corrected chi connectivity index (χ1v) is 12.7. The minimum atomic E-state index is -1.10. The number of anilines is 2. The van der Waals surface area contributed by atoms with Gasteiger partial charge in [-0.25, -0.2) is 8.78 Å². The number of benzene rings is 1. The number of morpholine rings is 1. The summed E-state index contributed by atoms with van der Waals surface area (Å²) < 4.78 is 35.4. The Bertz CT molecular complexity index is 1310. The minimum Gasteiger partial charge on any atom is -0.372 e. The van der Waals surface area contributed by atoms with Gasteiger partial charge in [-0.15, -0.1) is 0 Å². The van der Waals surface area contributed by atoms with Crippen LogP contribution in [-0.4, -0.2) is 65.5 Å². The Morgan fingerprint density at radius 1 is 1.11 bits per heavy atom. The highest BCUT2D eigenvalue weighted by Crippen LogP contribution is 2.65. The predicted molar refractivity (Wildman–Crippen MR) is 136 cm³/mol. The summed E-state index contributed by atoms with van der Waals surface area (Å²) in [4.78, 5) is 46.0. The Morgan fingerprint density at radius 2 is 1.79 bits per heavy atom. The molecule has 3 aliphatic rings. The fourth-order valence-corrected chi connectivity index (χ4v) is 6.19. The lowest BCUT2D eigenvalue weighted by atomic mass is 9.99. The molecule has 1 aliphatic carbocycles. The molecular formula is C27H31F2N5O4. The Kier molecular flexibility index (Phi) is 6.37. The van der Waals surface area contributed by atoms with Crippen molar-refractivity contribution in [3.05, 3.63) is 53.4 Å². The number of piperidine rings is 1. The van der Waals surface area contributed by atoms with Crippen molar-refractivity contribution in [2.45, 2.75) is 45.9 Å². The van der Waals surface area contributed by atoms with Gasteiger partial charge >= 0.3 is 0 Å². The lowest BCUT2D eigenvalue weighted by Crippen LogP contribution is -2.49. The number of halogens is 2. The summed E-state index contributed by atoms with van der Waals surface area (Å²) in [6.07, 6.45) is 0.872. The standard InChI is InChI=1S/C27H31F2N5O4/c1-13-10-33(11-14(2)38-13)22-16(5-6-18(28)21(22)29)26(37)34-12-17-20(27(17,3)4)23(34)25(36)32-15-7-8-31-19(9-15)24(30)35/h5-9,13-14,17,20,23H,10-12H2,1-4H3,(H2,30,35)(H,31,32,36)/t13-,14+,17?,20?,23?. The van der Waals surface area contributed by atoms with Gasteiger partial charge in [-0.05, 0) is 55.4 Å². The molecule has 3 N–H and O–H groups in total. The van der Waals surface area contributed by atoms with Crippen LogP contribution < -0.4 is 16.0 Å². The molecule has 3 fully saturated rings. The molecule has 38 heavy (non-hydrogen) atoms. The van der Waals surface area contributed by atoms with E-state index in [0.29, 0.717) is 12.2 Å². The van der Waals surface area contributed by atoms with Crippen LogP contribution in [0.4, 0.5) is 20.2 Å². The molecule has 5 atom stereocenters. The van der Waals surface area contributed by atoms with Crippen molar-refractivity contribution >= 4 is 29.1 Å². The third-order valence-corrected chi connectivity index (χ3v) is 8.05. The summed E-state index contributed by atoms with van der Waals surface area (Å²) in [6, 6.07) is 4.28. The summed E-state index contributed by atoms with van der Waals surface area (Å²) >= 11 is 0. The van der Waals surface area contributed by atoms with Gasteiger partial charge in [0.15, 0.2) is 11.6 Å². The van der Waals surface area contributed by atoms with Gasteiger partial charge < -0.3 is 25.6 Å². The number of aromatic nitrogens is 1. The molecular weight excluding hydrogens is 496 g/mol. The number of primary amides is 1. The quantitative estimate of drug-likeness (QED) is 0.618. The molecule has 202 valence electrons. The number of likely N-dealkylation sites (tertiary alicyclic amines) is 1. The summed E-state index contributed by atoms with van der Waals surface area (Å²) in [5.41, 5.74) is 5.34. The van der Waals surface area contributed by atoms with Crippen molar-refractivity contribution in [2.75, 3.05) is 29.9 Å². The zero-order valence-corrected chi connectivity index (χ0v) is 21.7. The second kappa shape index (κ2) is 9.30. The normalized spacial score (nSPS) is 27.6. The van der Waals surface area contributed by atoms with Crippen molar-refractivity contribution < 1.29 is 27.9 Å². The van der Waals surface area contributed by atoms with E-state index in [9.17, 15) is 18.8 Å². The van der Waals surface area contributed by atoms with Gasteiger partial charge in [0.1, 0.15) is 11.7 Å². The van der Waals surface area contributed by atoms with E-state index < -0.39 is 35.4 Å². The monoisotopic (exact) mass is 527 g/mol. The smallest absolute Gasteiger partial charge is 0.267 e. The maximum absolute atomic E-state index is 15.3. The van der Waals surface area contributed by atoms with Gasteiger partial charge in [-0.1, -0.05) is 13.8 Å². The van der Waals surface area contributed by atoms with E-state index in [1.165, 1.54) is 29.3 Å². The molecule has 9 nitrogen and oxygen atoms in total. The number of pyridine rings is 1. The Morgan fingerprint density at radius 3 is 2.45 bits per heavy atom. The zero-order valence-electron chi connectivity index (χ0n) is 21.7. The number of nitrogens with two attached hydrogens (primary N) is 1. The molecule has 2 aromatic rings. The van der Waals surface area contributed by atoms with Crippen LogP contribution in [0.25, 0.3) is 0 Å². The van der Waals surface area contributed by atoms with E-state index in [4.69, 9.17) is 10.5 Å². The summed E-state index contributed by atoms with van der Waals surface area (Å²) in [5, 5.41) is 2.78. The fraction of sp³-hybridized carbons (Fsp3) is 0.481. The summed E-state index contributed by atoms with van der Waals surface area (Å²) in [5.74, 6) is -3.89. The van der Waals surface area contributed by atoms with E-state index in [2.05, 4.69) is 10.3 Å². The van der Waals surface area contributed by atoms with Crippen molar-refractivity contribution in [2.24, 2.45) is 23.0 Å². The second-order valence-electron chi connectivity index (χ2n) is 11.1. The number of nitrogens with zero attached hydrogens (tertiary/aromatic N) is 3. The lowest BCUT2D eigenvalue weighted by Gasteiger charge is -2.38. The van der Waals surface area contributed by atoms with Crippen LogP contribution in [-0.2, 0) is 9.53 Å². The molecule has 2 aliphatic heterocycles. The number of carbonyl (C=O) groups is 3. The topological polar surface area (TPSA) is 118 Å². The minimum absolute atomic E-state index is 0.00188. The number of hydrogen-bond acceptors (Lipinski definition) is 6. The average Bonchev–Trinajstić information content (AvgIpc) is 3.17. The molecule has 0 spiro atoms. The van der Waals surface area contributed by atoms with Gasteiger partial charge in [-0.2, -0.15) is 0 Å². The van der Waals surface area contributed by atoms with Crippen LogP contribution in [0, 0.1) is 28.9 Å². The van der Waals surface area contributed by atoms with Crippen LogP contribution in [0.3, 0.4) is 0 Å². The molecule has 1 saturated carbocycles. The van der Waals surface area contributed by atoms with Gasteiger partial charge in [0.2, 0.25) is 5.91 Å². The number of fused-ring (bicyclic) bond motifs is 1. The van der Waals surface area contributed by atoms with Crippen molar-refractivity contribution in [3.63, 3.8) is 0 Å². The largest absolute Gasteiger partial charge is 0.372 e. The highest BCUT2D eigenvalue weighted by atomic mass is 19.2. The highest BCUT2D eigenvalue weighted by molar-refractivity contribution is 6.05. The molecule has 2 saturated heterocycles. The van der Waals surface area contributed by atoms with Crippen molar-refractivity contribution in [1.29, 1.82) is 0 Å². The predicted octanol–water partition coefficient (Wildman–Crippen LogP) is 2.81. The van der Waals surface area contributed by atoms with E-state index >= 15 is 4.39 Å². The molecule has 0 radical (unpaired) electrons. The molecule has 3 amide bonds. The first kappa shape index (κ1) is 26.0. The van der Waals surface area contributed by atoms with E-state index in [0.717, 1.165) is 6.07 Å². The van der Waals surface area contributed by atoms with Gasteiger partial charge in [0.05, 0.1) is 23.5 Å². The highest BCUT2D eigenvalue weighted by Gasteiger charge is 2.69. The summed E-state index contributed by atoms with van der Waals surface area (Å²) in [6.45, 7) is 8.64. The van der Waals surface area contributed by atoms with Gasteiger partial charge in [0, 0.05) is 31.5 Å².